The van der Waals surface area contributed by atoms with Gasteiger partial charge in [0.1, 0.15) is 0 Å². The molecular weight excluding hydrogens is 254 g/mol. The zero-order valence-corrected chi connectivity index (χ0v) is 13.0. The third-order valence-electron chi connectivity index (χ3n) is 3.51. The highest BCUT2D eigenvalue weighted by atomic mass is 32.1. The van der Waals surface area contributed by atoms with E-state index in [2.05, 4.69) is 42.5 Å². The first kappa shape index (κ1) is 14.3. The van der Waals surface area contributed by atoms with Gasteiger partial charge in [0.2, 0.25) is 0 Å². The molecule has 1 unspecified atom stereocenters. The Labute approximate surface area is 119 Å². The molecule has 0 fully saturated rings. The SMILES string of the molecule is CCc1cc(C(Cc2ccc(CC)s2)NC)n(C)n1. The van der Waals surface area contributed by atoms with Gasteiger partial charge < -0.3 is 5.32 Å². The minimum Gasteiger partial charge on any atom is -0.311 e. The molecule has 0 aliphatic rings. The van der Waals surface area contributed by atoms with E-state index in [1.807, 2.05) is 30.1 Å². The van der Waals surface area contributed by atoms with Crippen LogP contribution in [0, 0.1) is 0 Å². The molecule has 0 saturated heterocycles. The largest absolute Gasteiger partial charge is 0.311 e. The second-order valence-corrected chi connectivity index (χ2v) is 6.06. The summed E-state index contributed by atoms with van der Waals surface area (Å²) in [6.07, 6.45) is 3.15. The Balaban J connectivity index is 2.17. The van der Waals surface area contributed by atoms with Crippen molar-refractivity contribution < 1.29 is 0 Å². The standard InChI is InChI=1S/C15H23N3S/c1-5-11-9-15(18(4)17-11)14(16-3)10-13-8-7-12(6-2)19-13/h7-9,14,16H,5-6,10H2,1-4H3. The summed E-state index contributed by atoms with van der Waals surface area (Å²) < 4.78 is 2.01. The van der Waals surface area contributed by atoms with Gasteiger partial charge in [-0.3, -0.25) is 4.68 Å². The van der Waals surface area contributed by atoms with Gasteiger partial charge in [-0.15, -0.1) is 11.3 Å². The van der Waals surface area contributed by atoms with Crippen molar-refractivity contribution in [2.24, 2.45) is 7.05 Å². The fourth-order valence-electron chi connectivity index (χ4n) is 2.32. The number of nitrogens with one attached hydrogen (secondary N) is 1. The lowest BCUT2D eigenvalue weighted by molar-refractivity contribution is 0.540. The van der Waals surface area contributed by atoms with Crippen molar-refractivity contribution in [3.63, 3.8) is 0 Å². The molecular formula is C15H23N3S. The molecule has 1 atom stereocenters. The van der Waals surface area contributed by atoms with E-state index in [0.29, 0.717) is 6.04 Å². The van der Waals surface area contributed by atoms with Crippen LogP contribution in [0.3, 0.4) is 0 Å². The van der Waals surface area contributed by atoms with Crippen LogP contribution in [0.4, 0.5) is 0 Å². The molecule has 4 heteroatoms. The van der Waals surface area contributed by atoms with Gasteiger partial charge in [-0.1, -0.05) is 13.8 Å². The van der Waals surface area contributed by atoms with Gasteiger partial charge in [0.25, 0.3) is 0 Å². The Morgan fingerprint density at radius 3 is 2.53 bits per heavy atom. The summed E-state index contributed by atoms with van der Waals surface area (Å²) in [7, 11) is 4.06. The van der Waals surface area contributed by atoms with Crippen LogP contribution in [0.5, 0.6) is 0 Å². The number of aryl methyl sites for hydroxylation is 3. The first-order valence-corrected chi connectivity index (χ1v) is 7.77. The van der Waals surface area contributed by atoms with Gasteiger partial charge in [0.05, 0.1) is 17.4 Å². The van der Waals surface area contributed by atoms with Crippen LogP contribution in [-0.2, 0) is 26.3 Å². The van der Waals surface area contributed by atoms with E-state index >= 15 is 0 Å². The average molecular weight is 277 g/mol. The molecule has 2 heterocycles. The molecule has 0 aromatic carbocycles. The monoisotopic (exact) mass is 277 g/mol. The first-order chi connectivity index (χ1) is 9.17. The molecule has 2 aromatic rings. The minimum absolute atomic E-state index is 0.334. The van der Waals surface area contributed by atoms with E-state index < -0.39 is 0 Å². The normalized spacial score (nSPS) is 12.8. The Morgan fingerprint density at radius 2 is 2.00 bits per heavy atom. The highest BCUT2D eigenvalue weighted by Gasteiger charge is 2.16. The van der Waals surface area contributed by atoms with Crippen molar-refractivity contribution in [1.82, 2.24) is 15.1 Å². The molecule has 0 saturated carbocycles. The first-order valence-electron chi connectivity index (χ1n) is 6.95. The smallest absolute Gasteiger partial charge is 0.0625 e. The number of thiophene rings is 1. The van der Waals surface area contributed by atoms with Crippen LogP contribution in [0.1, 0.15) is 41.0 Å². The maximum atomic E-state index is 4.54. The zero-order valence-electron chi connectivity index (χ0n) is 12.2. The van der Waals surface area contributed by atoms with Crippen molar-refractivity contribution in [2.45, 2.75) is 39.2 Å². The van der Waals surface area contributed by atoms with E-state index in [4.69, 9.17) is 0 Å². The summed E-state index contributed by atoms with van der Waals surface area (Å²) in [6, 6.07) is 7.05. The highest BCUT2D eigenvalue weighted by Crippen LogP contribution is 2.24. The molecule has 0 spiro atoms. The number of likely N-dealkylation sites (N-methyl/N-ethyl adjacent to an activating group) is 1. The van der Waals surface area contributed by atoms with Crippen LogP contribution in [0.2, 0.25) is 0 Å². The van der Waals surface area contributed by atoms with Gasteiger partial charge in [0, 0.05) is 23.2 Å². The summed E-state index contributed by atoms with van der Waals surface area (Å²) in [5.74, 6) is 0. The predicted molar refractivity (Wildman–Crippen MR) is 81.8 cm³/mol. The van der Waals surface area contributed by atoms with Gasteiger partial charge in [-0.05, 0) is 38.1 Å². The number of hydrogen-bond acceptors (Lipinski definition) is 3. The number of hydrogen-bond donors (Lipinski definition) is 1. The topological polar surface area (TPSA) is 29.9 Å². The van der Waals surface area contributed by atoms with E-state index in [1.54, 1.807) is 0 Å². The molecule has 0 aliphatic carbocycles. The third-order valence-corrected chi connectivity index (χ3v) is 4.76. The summed E-state index contributed by atoms with van der Waals surface area (Å²) in [6.45, 7) is 4.35. The minimum atomic E-state index is 0.334. The molecule has 0 aliphatic heterocycles. The fourth-order valence-corrected chi connectivity index (χ4v) is 3.32. The average Bonchev–Trinajstić information content (AvgIpc) is 3.02. The van der Waals surface area contributed by atoms with Crippen molar-refractivity contribution in [2.75, 3.05) is 7.05 Å². The number of nitrogens with zero attached hydrogens (tertiary/aromatic N) is 2. The van der Waals surface area contributed by atoms with Gasteiger partial charge in [-0.25, -0.2) is 0 Å². The number of rotatable bonds is 6. The molecule has 0 radical (unpaired) electrons. The summed E-state index contributed by atoms with van der Waals surface area (Å²) in [5, 5.41) is 7.96. The maximum absolute atomic E-state index is 4.54. The molecule has 2 rings (SSSR count). The lowest BCUT2D eigenvalue weighted by atomic mass is 10.1. The molecule has 0 bridgehead atoms. The Bertz CT molecular complexity index is 527. The zero-order chi connectivity index (χ0) is 13.8. The Kier molecular flexibility index (Phi) is 4.77. The Morgan fingerprint density at radius 1 is 1.26 bits per heavy atom. The second kappa shape index (κ2) is 6.35. The molecule has 1 N–H and O–H groups in total. The van der Waals surface area contributed by atoms with Crippen molar-refractivity contribution in [1.29, 1.82) is 0 Å². The quantitative estimate of drug-likeness (QED) is 0.879. The van der Waals surface area contributed by atoms with Crippen LogP contribution in [0.25, 0.3) is 0 Å². The van der Waals surface area contributed by atoms with Crippen LogP contribution in [-0.4, -0.2) is 16.8 Å². The predicted octanol–water partition coefficient (Wildman–Crippen LogP) is 3.11. The molecule has 2 aromatic heterocycles. The Hall–Kier alpha value is -1.13. The molecule has 104 valence electrons. The van der Waals surface area contributed by atoms with Crippen LogP contribution >= 0.6 is 11.3 Å². The van der Waals surface area contributed by atoms with Gasteiger partial charge >= 0.3 is 0 Å². The fraction of sp³-hybridized carbons (Fsp3) is 0.533. The molecule has 19 heavy (non-hydrogen) atoms. The van der Waals surface area contributed by atoms with E-state index in [-0.39, 0.29) is 0 Å². The van der Waals surface area contributed by atoms with E-state index in [0.717, 1.165) is 25.0 Å². The van der Waals surface area contributed by atoms with Crippen molar-refractivity contribution in [3.05, 3.63) is 39.3 Å². The van der Waals surface area contributed by atoms with Gasteiger partial charge in [-0.2, -0.15) is 5.10 Å². The summed E-state index contributed by atoms with van der Waals surface area (Å²) >= 11 is 1.92. The summed E-state index contributed by atoms with van der Waals surface area (Å²) in [5.41, 5.74) is 2.43. The third kappa shape index (κ3) is 3.25. The highest BCUT2D eigenvalue weighted by molar-refractivity contribution is 7.11. The van der Waals surface area contributed by atoms with Crippen LogP contribution in [0.15, 0.2) is 18.2 Å². The lowest BCUT2D eigenvalue weighted by Crippen LogP contribution is -2.21. The van der Waals surface area contributed by atoms with Crippen molar-refractivity contribution >= 4 is 11.3 Å². The lowest BCUT2D eigenvalue weighted by Gasteiger charge is -2.15. The van der Waals surface area contributed by atoms with E-state index in [1.165, 1.54) is 15.4 Å². The second-order valence-electron chi connectivity index (χ2n) is 4.80. The van der Waals surface area contributed by atoms with Crippen molar-refractivity contribution in [3.8, 4) is 0 Å². The molecule has 0 amide bonds. The summed E-state index contributed by atoms with van der Waals surface area (Å²) in [4.78, 5) is 2.90. The van der Waals surface area contributed by atoms with E-state index in [9.17, 15) is 0 Å². The van der Waals surface area contributed by atoms with Crippen LogP contribution < -0.4 is 5.32 Å². The maximum Gasteiger partial charge on any atom is 0.0625 e. The molecule has 3 nitrogen and oxygen atoms in total. The van der Waals surface area contributed by atoms with Gasteiger partial charge in [0.15, 0.2) is 0 Å². The number of aromatic nitrogens is 2.